The smallest absolute Gasteiger partial charge is 0.340 e. The molecule has 9 heteroatoms. The Morgan fingerprint density at radius 2 is 1.77 bits per heavy atom. The van der Waals surface area contributed by atoms with E-state index < -0.39 is 21.8 Å². The van der Waals surface area contributed by atoms with Gasteiger partial charge in [0.05, 0.1) is 5.56 Å². The van der Waals surface area contributed by atoms with Crippen LogP contribution in [-0.2, 0) is 16.2 Å². The van der Waals surface area contributed by atoms with Crippen LogP contribution in [0, 0.1) is 0 Å². The van der Waals surface area contributed by atoms with Crippen molar-refractivity contribution in [1.29, 1.82) is 0 Å². The summed E-state index contributed by atoms with van der Waals surface area (Å²) in [6.45, 7) is 0.985. The van der Waals surface area contributed by atoms with E-state index in [0.717, 1.165) is 31.4 Å². The van der Waals surface area contributed by atoms with Crippen LogP contribution in [0.25, 0.3) is 0 Å². The monoisotopic (exact) mass is 385 g/mol. The van der Waals surface area contributed by atoms with Crippen molar-refractivity contribution in [2.75, 3.05) is 18.4 Å². The second-order valence-electron chi connectivity index (χ2n) is 6.05. The van der Waals surface area contributed by atoms with E-state index >= 15 is 0 Å². The first-order valence-electron chi connectivity index (χ1n) is 8.17. The fourth-order valence-electron chi connectivity index (χ4n) is 2.78. The molecule has 0 unspecified atom stereocenters. The first-order valence-corrected chi connectivity index (χ1v) is 9.61. The SMILES string of the molecule is O=S(=O)(c1ccc(Nc2cccc(C(F)(F)F)c2)nc1)N1CCCCC1. The van der Waals surface area contributed by atoms with Crippen LogP contribution in [0.15, 0.2) is 47.5 Å². The Morgan fingerprint density at radius 1 is 1.04 bits per heavy atom. The number of piperidine rings is 1. The van der Waals surface area contributed by atoms with Gasteiger partial charge in [-0.1, -0.05) is 12.5 Å². The summed E-state index contributed by atoms with van der Waals surface area (Å²) in [5.41, 5.74) is -0.550. The van der Waals surface area contributed by atoms with Gasteiger partial charge in [-0.05, 0) is 43.2 Å². The van der Waals surface area contributed by atoms with Crippen molar-refractivity contribution in [2.45, 2.75) is 30.3 Å². The Kier molecular flexibility index (Phi) is 5.19. The Bertz CT molecular complexity index is 862. The summed E-state index contributed by atoms with van der Waals surface area (Å²) in [6, 6.07) is 7.58. The predicted octanol–water partition coefficient (Wildman–Crippen LogP) is 4.02. The van der Waals surface area contributed by atoms with Gasteiger partial charge in [-0.15, -0.1) is 0 Å². The van der Waals surface area contributed by atoms with Gasteiger partial charge in [-0.2, -0.15) is 17.5 Å². The quantitative estimate of drug-likeness (QED) is 0.864. The molecule has 5 nitrogen and oxygen atoms in total. The molecule has 0 saturated carbocycles. The molecule has 1 aromatic heterocycles. The summed E-state index contributed by atoms with van der Waals surface area (Å²) >= 11 is 0. The molecule has 1 aromatic carbocycles. The first kappa shape index (κ1) is 18.7. The average molecular weight is 385 g/mol. The average Bonchev–Trinajstić information content (AvgIpc) is 2.62. The number of rotatable bonds is 4. The van der Waals surface area contributed by atoms with E-state index in [1.807, 2.05) is 0 Å². The molecule has 0 spiro atoms. The lowest BCUT2D eigenvalue weighted by atomic mass is 10.2. The number of benzene rings is 1. The molecule has 140 valence electrons. The predicted molar refractivity (Wildman–Crippen MR) is 91.6 cm³/mol. The van der Waals surface area contributed by atoms with E-state index in [1.54, 1.807) is 0 Å². The third-order valence-corrected chi connectivity index (χ3v) is 6.03. The zero-order chi connectivity index (χ0) is 18.8. The zero-order valence-electron chi connectivity index (χ0n) is 13.8. The van der Waals surface area contributed by atoms with Crippen molar-refractivity contribution in [3.63, 3.8) is 0 Å². The molecule has 1 aliphatic rings. The normalized spacial score (nSPS) is 16.4. The number of pyridine rings is 1. The van der Waals surface area contributed by atoms with Gasteiger partial charge in [0, 0.05) is 25.0 Å². The molecule has 1 N–H and O–H groups in total. The van der Waals surface area contributed by atoms with Crippen molar-refractivity contribution >= 4 is 21.5 Å². The first-order chi connectivity index (χ1) is 12.3. The molecule has 0 radical (unpaired) electrons. The summed E-state index contributed by atoms with van der Waals surface area (Å²) in [6.07, 6.45) is -0.523. The van der Waals surface area contributed by atoms with Gasteiger partial charge in [0.1, 0.15) is 10.7 Å². The molecule has 26 heavy (non-hydrogen) atoms. The van der Waals surface area contributed by atoms with Crippen LogP contribution in [0.3, 0.4) is 0 Å². The van der Waals surface area contributed by atoms with Crippen LogP contribution < -0.4 is 5.32 Å². The number of aromatic nitrogens is 1. The zero-order valence-corrected chi connectivity index (χ0v) is 14.6. The van der Waals surface area contributed by atoms with Gasteiger partial charge < -0.3 is 5.32 Å². The standard InChI is InChI=1S/C17H18F3N3O2S/c18-17(19,20)13-5-4-6-14(11-13)22-16-8-7-15(12-21-16)26(24,25)23-9-2-1-3-10-23/h4-8,11-12H,1-3,9-10H2,(H,21,22). The van der Waals surface area contributed by atoms with E-state index in [2.05, 4.69) is 10.3 Å². The second kappa shape index (κ2) is 7.24. The molecule has 0 aliphatic carbocycles. The van der Waals surface area contributed by atoms with Crippen LogP contribution in [0.5, 0.6) is 0 Å². The van der Waals surface area contributed by atoms with Crippen molar-refractivity contribution in [1.82, 2.24) is 9.29 Å². The molecular formula is C17H18F3N3O2S. The molecular weight excluding hydrogens is 367 g/mol. The number of alkyl halides is 3. The van der Waals surface area contributed by atoms with Crippen LogP contribution in [-0.4, -0.2) is 30.8 Å². The maximum atomic E-state index is 12.8. The highest BCUT2D eigenvalue weighted by molar-refractivity contribution is 7.89. The summed E-state index contributed by atoms with van der Waals surface area (Å²) in [5.74, 6) is 0.266. The molecule has 1 saturated heterocycles. The van der Waals surface area contributed by atoms with E-state index in [1.165, 1.54) is 34.8 Å². The minimum atomic E-state index is -4.43. The van der Waals surface area contributed by atoms with Crippen molar-refractivity contribution < 1.29 is 21.6 Å². The van der Waals surface area contributed by atoms with Gasteiger partial charge in [0.25, 0.3) is 0 Å². The van der Waals surface area contributed by atoms with E-state index in [9.17, 15) is 21.6 Å². The number of sulfonamides is 1. The highest BCUT2D eigenvalue weighted by atomic mass is 32.2. The highest BCUT2D eigenvalue weighted by Crippen LogP contribution is 2.31. The van der Waals surface area contributed by atoms with Crippen LogP contribution in [0.4, 0.5) is 24.7 Å². The molecule has 0 amide bonds. The Labute approximate surface area is 149 Å². The van der Waals surface area contributed by atoms with Gasteiger partial charge in [-0.3, -0.25) is 0 Å². The lowest BCUT2D eigenvalue weighted by Gasteiger charge is -2.25. The number of hydrogen-bond donors (Lipinski definition) is 1. The Morgan fingerprint density at radius 3 is 2.38 bits per heavy atom. The highest BCUT2D eigenvalue weighted by Gasteiger charge is 2.30. The fourth-order valence-corrected chi connectivity index (χ4v) is 4.25. The number of halogens is 3. The second-order valence-corrected chi connectivity index (χ2v) is 7.99. The van der Waals surface area contributed by atoms with Gasteiger partial charge in [0.15, 0.2) is 0 Å². The van der Waals surface area contributed by atoms with Gasteiger partial charge in [-0.25, -0.2) is 13.4 Å². The number of anilines is 2. The third kappa shape index (κ3) is 4.16. The largest absolute Gasteiger partial charge is 0.416 e. The summed E-state index contributed by atoms with van der Waals surface area (Å²) in [5, 5.41) is 2.76. The summed E-state index contributed by atoms with van der Waals surface area (Å²) in [4.78, 5) is 4.11. The number of hydrogen-bond acceptors (Lipinski definition) is 4. The summed E-state index contributed by atoms with van der Waals surface area (Å²) in [7, 11) is -3.58. The third-order valence-electron chi connectivity index (χ3n) is 4.15. The van der Waals surface area contributed by atoms with Gasteiger partial charge >= 0.3 is 6.18 Å². The van der Waals surface area contributed by atoms with E-state index in [4.69, 9.17) is 0 Å². The fraction of sp³-hybridized carbons (Fsp3) is 0.353. The number of nitrogens with zero attached hydrogens (tertiary/aromatic N) is 2. The topological polar surface area (TPSA) is 62.3 Å². The molecule has 0 atom stereocenters. The van der Waals surface area contributed by atoms with Crippen molar-refractivity contribution in [3.8, 4) is 0 Å². The number of nitrogens with one attached hydrogen (secondary N) is 1. The maximum absolute atomic E-state index is 12.8. The van der Waals surface area contributed by atoms with E-state index in [-0.39, 0.29) is 16.4 Å². The Balaban J connectivity index is 1.76. The van der Waals surface area contributed by atoms with Gasteiger partial charge in [0.2, 0.25) is 10.0 Å². The lowest BCUT2D eigenvalue weighted by Crippen LogP contribution is -2.35. The van der Waals surface area contributed by atoms with E-state index in [0.29, 0.717) is 13.1 Å². The minimum Gasteiger partial charge on any atom is -0.340 e. The molecule has 3 rings (SSSR count). The van der Waals surface area contributed by atoms with Crippen LogP contribution in [0.2, 0.25) is 0 Å². The maximum Gasteiger partial charge on any atom is 0.416 e. The molecule has 1 fully saturated rings. The Hall–Kier alpha value is -2.13. The lowest BCUT2D eigenvalue weighted by molar-refractivity contribution is -0.137. The molecule has 0 bridgehead atoms. The van der Waals surface area contributed by atoms with Crippen molar-refractivity contribution in [2.24, 2.45) is 0 Å². The van der Waals surface area contributed by atoms with Crippen LogP contribution >= 0.6 is 0 Å². The molecule has 1 aliphatic heterocycles. The van der Waals surface area contributed by atoms with Crippen LogP contribution in [0.1, 0.15) is 24.8 Å². The molecule has 2 aromatic rings. The molecule has 2 heterocycles. The summed E-state index contributed by atoms with van der Waals surface area (Å²) < 4.78 is 64.8. The van der Waals surface area contributed by atoms with Crippen molar-refractivity contribution in [3.05, 3.63) is 48.2 Å². The minimum absolute atomic E-state index is 0.0778.